The van der Waals surface area contributed by atoms with Crippen LogP contribution in [0.25, 0.3) is 0 Å². The van der Waals surface area contributed by atoms with Gasteiger partial charge in [0.1, 0.15) is 5.75 Å². The summed E-state index contributed by atoms with van der Waals surface area (Å²) >= 11 is 0. The molecular weight excluding hydrogens is 231 g/mol. The summed E-state index contributed by atoms with van der Waals surface area (Å²) in [5.41, 5.74) is 1.29. The Bertz CT molecular complexity index is 428. The molecule has 1 aromatic rings. The number of hydrogen-bond acceptors (Lipinski definition) is 2. The van der Waals surface area contributed by atoms with E-state index in [-0.39, 0.29) is 11.2 Å². The molecule has 2 aliphatic rings. The van der Waals surface area contributed by atoms with E-state index in [0.717, 1.165) is 25.1 Å². The van der Waals surface area contributed by atoms with Crippen molar-refractivity contribution in [1.29, 1.82) is 0 Å². The molecular formula is C12H12F3NO. The van der Waals surface area contributed by atoms with Gasteiger partial charge in [-0.3, -0.25) is 0 Å². The van der Waals surface area contributed by atoms with Crippen molar-refractivity contribution in [3.05, 3.63) is 29.8 Å². The second kappa shape index (κ2) is 3.38. The molecule has 1 aromatic carbocycles. The van der Waals surface area contributed by atoms with E-state index in [1.54, 1.807) is 12.1 Å². The van der Waals surface area contributed by atoms with Crippen LogP contribution in [0.15, 0.2) is 24.3 Å². The summed E-state index contributed by atoms with van der Waals surface area (Å²) in [4.78, 5) is 0. The van der Waals surface area contributed by atoms with Crippen LogP contribution in [0, 0.1) is 5.92 Å². The number of fused-ring (bicyclic) bond motifs is 1. The van der Waals surface area contributed by atoms with E-state index < -0.39 is 6.36 Å². The monoisotopic (exact) mass is 243 g/mol. The van der Waals surface area contributed by atoms with Gasteiger partial charge in [0.2, 0.25) is 0 Å². The zero-order valence-electron chi connectivity index (χ0n) is 9.05. The van der Waals surface area contributed by atoms with Crippen molar-refractivity contribution in [1.82, 2.24) is 5.32 Å². The van der Waals surface area contributed by atoms with Crippen LogP contribution in [0.3, 0.4) is 0 Å². The van der Waals surface area contributed by atoms with Crippen molar-refractivity contribution in [3.63, 3.8) is 0 Å². The van der Waals surface area contributed by atoms with Gasteiger partial charge in [-0.15, -0.1) is 13.2 Å². The highest BCUT2D eigenvalue weighted by atomic mass is 19.4. The molecule has 0 amide bonds. The first-order chi connectivity index (χ1) is 8.00. The first-order valence-electron chi connectivity index (χ1n) is 5.57. The second-order valence-corrected chi connectivity index (χ2v) is 4.76. The molecule has 1 N–H and O–H groups in total. The molecule has 2 fully saturated rings. The van der Waals surface area contributed by atoms with E-state index in [0.29, 0.717) is 5.92 Å². The number of alkyl halides is 3. The normalized spacial score (nSPS) is 31.1. The van der Waals surface area contributed by atoms with Crippen LogP contribution in [0.1, 0.15) is 12.0 Å². The van der Waals surface area contributed by atoms with Gasteiger partial charge in [-0.1, -0.05) is 12.1 Å². The average molecular weight is 243 g/mol. The van der Waals surface area contributed by atoms with Crippen LogP contribution >= 0.6 is 0 Å². The maximum atomic E-state index is 12.0. The SMILES string of the molecule is FC(F)(F)Oc1ccc(C23CNC[C@H]2C3)cc1. The van der Waals surface area contributed by atoms with Crippen molar-refractivity contribution in [2.45, 2.75) is 18.2 Å². The van der Waals surface area contributed by atoms with E-state index in [1.165, 1.54) is 12.1 Å². The summed E-state index contributed by atoms with van der Waals surface area (Å²) in [6.45, 7) is 1.94. The molecule has 0 radical (unpaired) electrons. The fourth-order valence-corrected chi connectivity index (χ4v) is 2.78. The van der Waals surface area contributed by atoms with Crippen LogP contribution in [-0.2, 0) is 5.41 Å². The van der Waals surface area contributed by atoms with Crippen molar-refractivity contribution < 1.29 is 17.9 Å². The van der Waals surface area contributed by atoms with Crippen molar-refractivity contribution in [3.8, 4) is 5.75 Å². The Morgan fingerprint density at radius 1 is 1.24 bits per heavy atom. The molecule has 1 saturated carbocycles. The first kappa shape index (κ1) is 10.9. The fourth-order valence-electron chi connectivity index (χ4n) is 2.78. The van der Waals surface area contributed by atoms with Crippen LogP contribution in [0.4, 0.5) is 13.2 Å². The lowest BCUT2D eigenvalue weighted by Crippen LogP contribution is -2.19. The largest absolute Gasteiger partial charge is 0.573 e. The smallest absolute Gasteiger partial charge is 0.406 e. The van der Waals surface area contributed by atoms with E-state index in [2.05, 4.69) is 10.1 Å². The highest BCUT2D eigenvalue weighted by Crippen LogP contribution is 2.56. The summed E-state index contributed by atoms with van der Waals surface area (Å²) in [5, 5.41) is 3.30. The Kier molecular flexibility index (Phi) is 2.17. The lowest BCUT2D eigenvalue weighted by atomic mass is 9.95. The third-order valence-electron chi connectivity index (χ3n) is 3.73. The minimum Gasteiger partial charge on any atom is -0.406 e. The molecule has 0 aromatic heterocycles. The average Bonchev–Trinajstić information content (AvgIpc) is 2.80. The molecule has 1 heterocycles. The van der Waals surface area contributed by atoms with Gasteiger partial charge in [0.05, 0.1) is 0 Å². The molecule has 92 valence electrons. The number of ether oxygens (including phenoxy) is 1. The Balaban J connectivity index is 1.77. The Hall–Kier alpha value is -1.23. The molecule has 5 heteroatoms. The van der Waals surface area contributed by atoms with E-state index >= 15 is 0 Å². The zero-order valence-corrected chi connectivity index (χ0v) is 9.05. The predicted octanol–water partition coefficient (Wildman–Crippen LogP) is 2.45. The summed E-state index contributed by atoms with van der Waals surface area (Å²) in [6, 6.07) is 6.28. The summed E-state index contributed by atoms with van der Waals surface area (Å²) in [5.74, 6) is 0.498. The minimum absolute atomic E-state index is 0.152. The topological polar surface area (TPSA) is 21.3 Å². The number of halogens is 3. The quantitative estimate of drug-likeness (QED) is 0.861. The molecule has 0 bridgehead atoms. The van der Waals surface area contributed by atoms with E-state index in [9.17, 15) is 13.2 Å². The van der Waals surface area contributed by atoms with E-state index in [4.69, 9.17) is 0 Å². The van der Waals surface area contributed by atoms with Crippen LogP contribution in [0.5, 0.6) is 5.75 Å². The third-order valence-corrected chi connectivity index (χ3v) is 3.73. The standard InChI is InChI=1S/C12H12F3NO/c13-12(14,15)17-10-3-1-8(2-4-10)11-5-9(11)6-16-7-11/h1-4,9,16H,5-7H2/t9-,11?/m1/s1. The van der Waals surface area contributed by atoms with Crippen LogP contribution < -0.4 is 10.1 Å². The number of nitrogens with one attached hydrogen (secondary N) is 1. The minimum atomic E-state index is -4.61. The Morgan fingerprint density at radius 2 is 1.94 bits per heavy atom. The summed E-state index contributed by atoms with van der Waals surface area (Å²) in [6.07, 6.45) is -3.48. The van der Waals surface area contributed by atoms with Crippen molar-refractivity contribution >= 4 is 0 Å². The predicted molar refractivity (Wildman–Crippen MR) is 55.8 cm³/mol. The van der Waals surface area contributed by atoms with Crippen molar-refractivity contribution in [2.24, 2.45) is 5.92 Å². The molecule has 2 nitrogen and oxygen atoms in total. The Labute approximate surface area is 96.8 Å². The van der Waals surface area contributed by atoms with Gasteiger partial charge >= 0.3 is 6.36 Å². The maximum absolute atomic E-state index is 12.0. The molecule has 1 unspecified atom stereocenters. The van der Waals surface area contributed by atoms with Crippen molar-refractivity contribution in [2.75, 3.05) is 13.1 Å². The van der Waals surface area contributed by atoms with Gasteiger partial charge in [0.25, 0.3) is 0 Å². The lowest BCUT2D eigenvalue weighted by molar-refractivity contribution is -0.274. The zero-order chi connectivity index (χ0) is 12.1. The molecule has 2 atom stereocenters. The highest BCUT2D eigenvalue weighted by Gasteiger charge is 2.57. The van der Waals surface area contributed by atoms with Gasteiger partial charge in [-0.25, -0.2) is 0 Å². The molecule has 17 heavy (non-hydrogen) atoms. The maximum Gasteiger partial charge on any atom is 0.573 e. The summed E-state index contributed by atoms with van der Waals surface area (Å²) in [7, 11) is 0. The summed E-state index contributed by atoms with van der Waals surface area (Å²) < 4.78 is 39.8. The van der Waals surface area contributed by atoms with Crippen LogP contribution in [-0.4, -0.2) is 19.5 Å². The molecule has 0 spiro atoms. The Morgan fingerprint density at radius 3 is 2.41 bits per heavy atom. The number of hydrogen-bond donors (Lipinski definition) is 1. The lowest BCUT2D eigenvalue weighted by Gasteiger charge is -2.14. The number of benzene rings is 1. The fraction of sp³-hybridized carbons (Fsp3) is 0.500. The highest BCUT2D eigenvalue weighted by molar-refractivity contribution is 5.40. The number of piperidine rings is 1. The third kappa shape index (κ3) is 1.88. The first-order valence-corrected chi connectivity index (χ1v) is 5.57. The number of rotatable bonds is 2. The molecule has 3 rings (SSSR count). The molecule has 1 aliphatic carbocycles. The van der Waals surface area contributed by atoms with Gasteiger partial charge in [-0.05, 0) is 36.6 Å². The second-order valence-electron chi connectivity index (χ2n) is 4.76. The van der Waals surface area contributed by atoms with Gasteiger partial charge in [0, 0.05) is 12.0 Å². The van der Waals surface area contributed by atoms with Gasteiger partial charge < -0.3 is 10.1 Å². The van der Waals surface area contributed by atoms with Gasteiger partial charge in [-0.2, -0.15) is 0 Å². The van der Waals surface area contributed by atoms with E-state index in [1.807, 2.05) is 0 Å². The molecule has 1 saturated heterocycles. The van der Waals surface area contributed by atoms with Gasteiger partial charge in [0.15, 0.2) is 0 Å². The van der Waals surface area contributed by atoms with Crippen LogP contribution in [0.2, 0.25) is 0 Å². The molecule has 1 aliphatic heterocycles.